The molecule has 4 atom stereocenters. The maximum atomic E-state index is 11.2. The summed E-state index contributed by atoms with van der Waals surface area (Å²) in [4.78, 5) is 11.2. The van der Waals surface area contributed by atoms with Gasteiger partial charge in [-0.1, -0.05) is 0 Å². The lowest BCUT2D eigenvalue weighted by molar-refractivity contribution is -0.183. The Morgan fingerprint density at radius 3 is 2.90 bits per heavy atom. The smallest absolute Gasteiger partial charge is 0.305 e. The summed E-state index contributed by atoms with van der Waals surface area (Å²) >= 11 is 0. The first kappa shape index (κ1) is 16.2. The third-order valence-corrected chi connectivity index (χ3v) is 4.41. The van der Waals surface area contributed by atoms with E-state index < -0.39 is 5.60 Å². The van der Waals surface area contributed by atoms with Crippen LogP contribution in [0.5, 0.6) is 0 Å². The van der Waals surface area contributed by atoms with E-state index in [0.717, 1.165) is 12.8 Å². The molecule has 6 heteroatoms. The van der Waals surface area contributed by atoms with Gasteiger partial charge >= 0.3 is 5.97 Å². The van der Waals surface area contributed by atoms with Crippen LogP contribution >= 0.6 is 0 Å². The number of aliphatic hydroxyl groups is 1. The van der Waals surface area contributed by atoms with Crippen LogP contribution < -0.4 is 0 Å². The Bertz CT molecular complexity index is 407. The molecule has 2 aliphatic heterocycles. The van der Waals surface area contributed by atoms with Gasteiger partial charge in [-0.25, -0.2) is 0 Å². The molecule has 0 radical (unpaired) electrons. The summed E-state index contributed by atoms with van der Waals surface area (Å²) in [6, 6.07) is 2.13. The Morgan fingerprint density at radius 2 is 2.24 bits per heavy atom. The number of hydrogen-bond donors (Lipinski definition) is 1. The predicted molar refractivity (Wildman–Crippen MR) is 73.3 cm³/mol. The number of carbonyl (C=O) groups excluding carboxylic acids is 1. The van der Waals surface area contributed by atoms with Gasteiger partial charge < -0.3 is 19.3 Å². The van der Waals surface area contributed by atoms with Crippen molar-refractivity contribution in [1.29, 1.82) is 5.26 Å². The van der Waals surface area contributed by atoms with E-state index in [1.54, 1.807) is 0 Å². The second-order valence-electron chi connectivity index (χ2n) is 5.80. The van der Waals surface area contributed by atoms with Crippen LogP contribution in [0.2, 0.25) is 0 Å². The minimum atomic E-state index is -0.668. The molecule has 2 unspecified atom stereocenters. The number of ether oxygens (including phenoxy) is 3. The molecule has 2 aliphatic rings. The number of rotatable bonds is 6. The summed E-state index contributed by atoms with van der Waals surface area (Å²) in [6.45, 7) is -0.0879. The molecule has 2 heterocycles. The average molecular weight is 297 g/mol. The van der Waals surface area contributed by atoms with Crippen molar-refractivity contribution in [3.05, 3.63) is 0 Å². The maximum absolute atomic E-state index is 11.2. The molecule has 0 amide bonds. The Morgan fingerprint density at radius 1 is 1.43 bits per heavy atom. The first-order valence-corrected chi connectivity index (χ1v) is 7.51. The highest BCUT2D eigenvalue weighted by molar-refractivity contribution is 5.69. The van der Waals surface area contributed by atoms with Gasteiger partial charge in [-0.05, 0) is 25.7 Å². The predicted octanol–water partition coefficient (Wildman–Crippen LogP) is 1.31. The summed E-state index contributed by atoms with van der Waals surface area (Å²) in [5, 5.41) is 18.4. The van der Waals surface area contributed by atoms with Crippen molar-refractivity contribution in [2.45, 2.75) is 68.9 Å². The van der Waals surface area contributed by atoms with Crippen molar-refractivity contribution in [3.8, 4) is 6.07 Å². The quantitative estimate of drug-likeness (QED) is 0.744. The fourth-order valence-corrected chi connectivity index (χ4v) is 3.29. The van der Waals surface area contributed by atoms with Crippen LogP contribution in [-0.4, -0.2) is 48.7 Å². The van der Waals surface area contributed by atoms with Gasteiger partial charge in [-0.2, -0.15) is 5.26 Å². The first-order valence-electron chi connectivity index (χ1n) is 7.51. The van der Waals surface area contributed by atoms with Gasteiger partial charge in [0.2, 0.25) is 0 Å². The molecule has 0 aromatic heterocycles. The third kappa shape index (κ3) is 3.73. The van der Waals surface area contributed by atoms with Crippen molar-refractivity contribution in [3.63, 3.8) is 0 Å². The number of esters is 1. The molecule has 0 spiro atoms. The zero-order valence-corrected chi connectivity index (χ0v) is 12.4. The van der Waals surface area contributed by atoms with Gasteiger partial charge in [-0.3, -0.25) is 4.79 Å². The van der Waals surface area contributed by atoms with Crippen molar-refractivity contribution in [1.82, 2.24) is 0 Å². The molecule has 118 valence electrons. The minimum absolute atomic E-state index is 0.0102. The molecule has 0 saturated carbocycles. The molecular weight excluding hydrogens is 274 g/mol. The molecule has 0 aromatic rings. The molecule has 6 nitrogen and oxygen atoms in total. The summed E-state index contributed by atoms with van der Waals surface area (Å²) in [7, 11) is 1.37. The van der Waals surface area contributed by atoms with E-state index in [1.165, 1.54) is 7.11 Å². The number of nitriles is 1. The average Bonchev–Trinajstić information content (AvgIpc) is 2.88. The number of hydrogen-bond acceptors (Lipinski definition) is 6. The largest absolute Gasteiger partial charge is 0.469 e. The van der Waals surface area contributed by atoms with E-state index in [4.69, 9.17) is 14.7 Å². The van der Waals surface area contributed by atoms with E-state index >= 15 is 0 Å². The summed E-state index contributed by atoms with van der Waals surface area (Å²) in [6.07, 6.45) is 4.11. The second-order valence-corrected chi connectivity index (χ2v) is 5.80. The van der Waals surface area contributed by atoms with Gasteiger partial charge in [0.15, 0.2) is 0 Å². The molecule has 0 aliphatic carbocycles. The standard InChI is InChI=1S/C15H23NO5/c1-19-14(18)7-5-12-9-15(10-17)13(20-12)6-4-11(21-15)3-2-8-16/h11-13,17H,2-7,9-10H2,1H3/t11?,12?,13-,15+/m0/s1. The van der Waals surface area contributed by atoms with Crippen LogP contribution in [0.1, 0.15) is 44.9 Å². The minimum Gasteiger partial charge on any atom is -0.469 e. The van der Waals surface area contributed by atoms with Crippen LogP contribution in [0.25, 0.3) is 0 Å². The van der Waals surface area contributed by atoms with E-state index in [0.29, 0.717) is 32.1 Å². The Labute approximate surface area is 125 Å². The zero-order chi connectivity index (χ0) is 15.3. The van der Waals surface area contributed by atoms with Gasteiger partial charge in [-0.15, -0.1) is 0 Å². The van der Waals surface area contributed by atoms with E-state index in [1.807, 2.05) is 0 Å². The fourth-order valence-electron chi connectivity index (χ4n) is 3.29. The molecule has 21 heavy (non-hydrogen) atoms. The summed E-state index contributed by atoms with van der Waals surface area (Å²) in [5.41, 5.74) is -0.668. The number of methoxy groups -OCH3 is 1. The monoisotopic (exact) mass is 297 g/mol. The lowest BCUT2D eigenvalue weighted by atomic mass is 9.86. The molecule has 2 saturated heterocycles. The molecule has 2 rings (SSSR count). The number of aliphatic hydroxyl groups excluding tert-OH is 1. The van der Waals surface area contributed by atoms with Crippen molar-refractivity contribution >= 4 is 5.97 Å². The first-order chi connectivity index (χ1) is 10.1. The van der Waals surface area contributed by atoms with Gasteiger partial charge in [0.05, 0.1) is 38.1 Å². The highest BCUT2D eigenvalue weighted by Gasteiger charge is 2.52. The Balaban J connectivity index is 1.92. The highest BCUT2D eigenvalue weighted by atomic mass is 16.6. The molecule has 1 N–H and O–H groups in total. The molecule has 0 aromatic carbocycles. The van der Waals surface area contributed by atoms with Crippen LogP contribution in [0, 0.1) is 11.3 Å². The van der Waals surface area contributed by atoms with E-state index in [2.05, 4.69) is 10.8 Å². The van der Waals surface area contributed by atoms with Crippen molar-refractivity contribution in [2.75, 3.05) is 13.7 Å². The maximum Gasteiger partial charge on any atom is 0.305 e. The number of nitrogens with zero attached hydrogens (tertiary/aromatic N) is 1. The van der Waals surface area contributed by atoms with Crippen molar-refractivity contribution in [2.24, 2.45) is 0 Å². The van der Waals surface area contributed by atoms with Crippen molar-refractivity contribution < 1.29 is 24.1 Å². The van der Waals surface area contributed by atoms with E-state index in [9.17, 15) is 9.90 Å². The van der Waals surface area contributed by atoms with Crippen LogP contribution in [0.3, 0.4) is 0 Å². The number of carbonyl (C=O) groups is 1. The Hall–Kier alpha value is -1.16. The van der Waals surface area contributed by atoms with Gasteiger partial charge in [0.1, 0.15) is 5.60 Å². The number of fused-ring (bicyclic) bond motifs is 1. The van der Waals surface area contributed by atoms with Crippen LogP contribution in [0.15, 0.2) is 0 Å². The molecule has 0 bridgehead atoms. The fraction of sp³-hybridized carbons (Fsp3) is 0.867. The second kappa shape index (κ2) is 7.21. The molecular formula is C15H23NO5. The SMILES string of the molecule is COC(=O)CCC1C[C@]2(CO)OC(CCC#N)CC[C@@H]2O1. The third-order valence-electron chi connectivity index (χ3n) is 4.41. The van der Waals surface area contributed by atoms with E-state index in [-0.39, 0.29) is 30.9 Å². The van der Waals surface area contributed by atoms with Crippen LogP contribution in [0.4, 0.5) is 0 Å². The molecule has 2 fully saturated rings. The zero-order valence-electron chi connectivity index (χ0n) is 12.4. The van der Waals surface area contributed by atoms with Gasteiger partial charge in [0.25, 0.3) is 0 Å². The topological polar surface area (TPSA) is 88.8 Å². The van der Waals surface area contributed by atoms with Crippen LogP contribution in [-0.2, 0) is 19.0 Å². The highest BCUT2D eigenvalue weighted by Crippen LogP contribution is 2.43. The van der Waals surface area contributed by atoms with Gasteiger partial charge in [0, 0.05) is 19.3 Å². The lowest BCUT2D eigenvalue weighted by Gasteiger charge is -2.40. The summed E-state index contributed by atoms with van der Waals surface area (Å²) in [5.74, 6) is -0.251. The lowest BCUT2D eigenvalue weighted by Crippen LogP contribution is -2.51. The normalized spacial score (nSPS) is 35.0. The summed E-state index contributed by atoms with van der Waals surface area (Å²) < 4.78 is 16.7. The Kier molecular flexibility index (Phi) is 5.57.